The lowest BCUT2D eigenvalue weighted by Crippen LogP contribution is -2.40. The predicted molar refractivity (Wildman–Crippen MR) is 73.5 cm³/mol. The number of hydrogen-bond donors (Lipinski definition) is 0. The third kappa shape index (κ3) is 2.10. The molecule has 0 saturated carbocycles. The molecule has 0 aromatic carbocycles. The summed E-state index contributed by atoms with van der Waals surface area (Å²) in [5.74, 6) is 2.63. The van der Waals surface area contributed by atoms with Crippen LogP contribution in [0.2, 0.25) is 0 Å². The fourth-order valence-electron chi connectivity index (χ4n) is 2.39. The number of thioether (sulfide) groups is 1. The first-order valence-corrected chi connectivity index (χ1v) is 8.10. The second-order valence-electron chi connectivity index (χ2n) is 4.67. The number of ketones is 1. The molecule has 1 aliphatic carbocycles. The van der Waals surface area contributed by atoms with E-state index in [4.69, 9.17) is 0 Å². The minimum absolute atomic E-state index is 0.300. The maximum Gasteiger partial charge on any atom is 0.186 e. The van der Waals surface area contributed by atoms with Gasteiger partial charge in [0.05, 0.1) is 10.6 Å². The van der Waals surface area contributed by atoms with E-state index in [0.717, 1.165) is 40.8 Å². The quantitative estimate of drug-likeness (QED) is 0.784. The van der Waals surface area contributed by atoms with E-state index in [9.17, 15) is 4.79 Å². The largest absolute Gasteiger partial charge is 0.344 e. The average Bonchev–Trinajstić information content (AvgIpc) is 2.75. The average molecular weight is 268 g/mol. The lowest BCUT2D eigenvalue weighted by molar-refractivity contribution is 0.0976. The summed E-state index contributed by atoms with van der Waals surface area (Å²) in [5.41, 5.74) is 1.05. The van der Waals surface area contributed by atoms with Gasteiger partial charge in [-0.1, -0.05) is 11.3 Å². The Kier molecular flexibility index (Phi) is 3.13. The van der Waals surface area contributed by atoms with Crippen molar-refractivity contribution in [2.75, 3.05) is 23.0 Å². The molecule has 1 aliphatic heterocycles. The van der Waals surface area contributed by atoms with Gasteiger partial charge < -0.3 is 4.90 Å². The van der Waals surface area contributed by atoms with E-state index in [-0.39, 0.29) is 0 Å². The van der Waals surface area contributed by atoms with Crippen LogP contribution >= 0.6 is 23.1 Å². The predicted octanol–water partition coefficient (Wildman–Crippen LogP) is 2.60. The summed E-state index contributed by atoms with van der Waals surface area (Å²) >= 11 is 3.61. The topological polar surface area (TPSA) is 33.2 Å². The Morgan fingerprint density at radius 2 is 2.29 bits per heavy atom. The molecule has 2 aliphatic rings. The number of carbonyl (C=O) groups excluding carboxylic acids is 1. The van der Waals surface area contributed by atoms with Crippen molar-refractivity contribution in [3.05, 3.63) is 10.6 Å². The highest BCUT2D eigenvalue weighted by Gasteiger charge is 2.27. The smallest absolute Gasteiger partial charge is 0.186 e. The van der Waals surface area contributed by atoms with Crippen LogP contribution in [-0.2, 0) is 6.42 Å². The normalized spacial score (nSPS) is 24.9. The molecule has 92 valence electrons. The molecule has 0 N–H and O–H groups in total. The first-order chi connectivity index (χ1) is 8.25. The molecular weight excluding hydrogens is 252 g/mol. The summed E-state index contributed by atoms with van der Waals surface area (Å²) in [7, 11) is 0. The van der Waals surface area contributed by atoms with Crippen molar-refractivity contribution in [3.8, 4) is 0 Å². The van der Waals surface area contributed by atoms with Gasteiger partial charge in [0.25, 0.3) is 0 Å². The molecule has 17 heavy (non-hydrogen) atoms. The molecule has 1 aromatic rings. The van der Waals surface area contributed by atoms with Crippen molar-refractivity contribution in [2.24, 2.45) is 0 Å². The Hall–Kier alpha value is -0.550. The molecule has 1 unspecified atom stereocenters. The van der Waals surface area contributed by atoms with Gasteiger partial charge in [-0.25, -0.2) is 4.98 Å². The maximum atomic E-state index is 11.8. The monoisotopic (exact) mass is 268 g/mol. The first-order valence-electron chi connectivity index (χ1n) is 6.13. The van der Waals surface area contributed by atoms with Gasteiger partial charge in [-0.3, -0.25) is 4.79 Å². The zero-order valence-electron chi connectivity index (χ0n) is 9.94. The molecule has 0 bridgehead atoms. The number of thiazole rings is 1. The van der Waals surface area contributed by atoms with E-state index in [1.807, 2.05) is 11.8 Å². The van der Waals surface area contributed by atoms with E-state index in [1.54, 1.807) is 11.3 Å². The molecule has 0 spiro atoms. The highest BCUT2D eigenvalue weighted by atomic mass is 32.2. The molecule has 1 fully saturated rings. The number of hydrogen-bond acceptors (Lipinski definition) is 5. The van der Waals surface area contributed by atoms with E-state index >= 15 is 0 Å². The van der Waals surface area contributed by atoms with E-state index < -0.39 is 0 Å². The zero-order chi connectivity index (χ0) is 11.8. The molecule has 2 heterocycles. The number of nitrogens with zero attached hydrogens (tertiary/aromatic N) is 2. The minimum Gasteiger partial charge on any atom is -0.344 e. The van der Waals surface area contributed by atoms with Crippen LogP contribution in [0.1, 0.15) is 35.1 Å². The first kappa shape index (κ1) is 11.5. The van der Waals surface area contributed by atoms with Gasteiger partial charge in [-0.15, -0.1) is 0 Å². The molecule has 5 heteroatoms. The van der Waals surface area contributed by atoms with E-state index in [0.29, 0.717) is 18.2 Å². The Balaban J connectivity index is 1.90. The molecule has 1 aromatic heterocycles. The van der Waals surface area contributed by atoms with Crippen LogP contribution in [0.3, 0.4) is 0 Å². The molecule has 3 nitrogen and oxygen atoms in total. The number of Topliss-reactive ketones (excluding diaryl/α,β-unsaturated/α-hetero) is 1. The second kappa shape index (κ2) is 4.61. The lowest BCUT2D eigenvalue weighted by Gasteiger charge is -2.32. The molecule has 3 rings (SSSR count). The second-order valence-corrected chi connectivity index (χ2v) is 6.79. The summed E-state index contributed by atoms with van der Waals surface area (Å²) in [6.07, 6.45) is 2.66. The van der Waals surface area contributed by atoms with Crippen molar-refractivity contribution < 1.29 is 4.79 Å². The van der Waals surface area contributed by atoms with Gasteiger partial charge in [0.2, 0.25) is 0 Å². The Labute approximate surface area is 110 Å². The molecule has 1 atom stereocenters. The van der Waals surface area contributed by atoms with Crippen LogP contribution in [0.15, 0.2) is 0 Å². The van der Waals surface area contributed by atoms with Crippen molar-refractivity contribution in [3.63, 3.8) is 0 Å². The Morgan fingerprint density at radius 1 is 1.41 bits per heavy atom. The van der Waals surface area contributed by atoms with Crippen LogP contribution in [0.5, 0.6) is 0 Å². The lowest BCUT2D eigenvalue weighted by atomic mass is 10.0. The third-order valence-electron chi connectivity index (χ3n) is 3.37. The summed E-state index contributed by atoms with van der Waals surface area (Å²) in [6, 6.07) is 0.538. The van der Waals surface area contributed by atoms with Crippen molar-refractivity contribution in [1.29, 1.82) is 0 Å². The summed E-state index contributed by atoms with van der Waals surface area (Å²) in [6.45, 7) is 3.31. The van der Waals surface area contributed by atoms with Crippen molar-refractivity contribution >= 4 is 34.0 Å². The van der Waals surface area contributed by atoms with Crippen LogP contribution in [0, 0.1) is 0 Å². The summed E-state index contributed by atoms with van der Waals surface area (Å²) < 4.78 is 0. The zero-order valence-corrected chi connectivity index (χ0v) is 11.6. The number of anilines is 1. The van der Waals surface area contributed by atoms with E-state index in [1.165, 1.54) is 5.75 Å². The SMILES string of the molecule is CC1CSCCN1c1nc2c(s1)C(=O)CCC2. The highest BCUT2D eigenvalue weighted by Crippen LogP contribution is 2.34. The van der Waals surface area contributed by atoms with Gasteiger partial charge in [-0.05, 0) is 19.8 Å². The maximum absolute atomic E-state index is 11.8. The third-order valence-corrected chi connectivity index (χ3v) is 5.74. The van der Waals surface area contributed by atoms with Gasteiger partial charge >= 0.3 is 0 Å². The number of rotatable bonds is 1. The number of carbonyl (C=O) groups is 1. The fourth-order valence-corrected chi connectivity index (χ4v) is 4.61. The fraction of sp³-hybridized carbons (Fsp3) is 0.667. The van der Waals surface area contributed by atoms with Crippen molar-refractivity contribution in [2.45, 2.75) is 32.2 Å². The Morgan fingerprint density at radius 3 is 3.06 bits per heavy atom. The number of fused-ring (bicyclic) bond motifs is 1. The van der Waals surface area contributed by atoms with Crippen LogP contribution in [-0.4, -0.2) is 34.9 Å². The molecule has 1 saturated heterocycles. The van der Waals surface area contributed by atoms with E-state index in [2.05, 4.69) is 16.8 Å². The minimum atomic E-state index is 0.300. The summed E-state index contributed by atoms with van der Waals surface area (Å²) in [4.78, 5) is 19.8. The van der Waals surface area contributed by atoms with Gasteiger partial charge in [0, 0.05) is 30.5 Å². The van der Waals surface area contributed by atoms with Gasteiger partial charge in [0.15, 0.2) is 10.9 Å². The molecule has 0 radical (unpaired) electrons. The van der Waals surface area contributed by atoms with Crippen LogP contribution in [0.4, 0.5) is 5.13 Å². The van der Waals surface area contributed by atoms with Gasteiger partial charge in [-0.2, -0.15) is 11.8 Å². The number of aryl methyl sites for hydroxylation is 1. The van der Waals surface area contributed by atoms with Crippen LogP contribution < -0.4 is 4.90 Å². The van der Waals surface area contributed by atoms with Crippen molar-refractivity contribution in [1.82, 2.24) is 4.98 Å². The number of aromatic nitrogens is 1. The van der Waals surface area contributed by atoms with Crippen LogP contribution in [0.25, 0.3) is 0 Å². The molecule has 0 amide bonds. The molecular formula is C12H16N2OS2. The van der Waals surface area contributed by atoms with Gasteiger partial charge in [0.1, 0.15) is 0 Å². The highest BCUT2D eigenvalue weighted by molar-refractivity contribution is 7.99. The Bertz CT molecular complexity index is 444. The standard InChI is InChI=1S/C12H16N2OS2/c1-8-7-16-6-5-14(8)12-13-9-3-2-4-10(15)11(9)17-12/h8H,2-7H2,1H3. The summed E-state index contributed by atoms with van der Waals surface area (Å²) in [5, 5.41) is 1.07.